The predicted octanol–water partition coefficient (Wildman–Crippen LogP) is 4.13. The van der Waals surface area contributed by atoms with Gasteiger partial charge in [-0.2, -0.15) is 0 Å². The van der Waals surface area contributed by atoms with Gasteiger partial charge in [-0.25, -0.2) is 29.2 Å². The lowest BCUT2D eigenvalue weighted by atomic mass is 9.47. The molecule has 11 N–H and O–H groups in total. The fraction of sp³-hybridized carbons (Fsp3) is 0.556. The molecule has 610 valence electrons. The van der Waals surface area contributed by atoms with E-state index in [0.29, 0.717) is 111 Å². The number of hydrogen-bond donors (Lipinski definition) is 11. The molecule has 16 atom stereocenters. The molecule has 10 heterocycles. The minimum Gasteiger partial charge on any atom is -0.496 e. The molecule has 4 unspecified atom stereocenters. The number of carbonyl (C=O) groups is 6. The molecule has 7 aliphatic rings. The number of fused-ring (bicyclic) bond motifs is 7. The Morgan fingerprint density at radius 3 is 2.43 bits per heavy atom. The first-order valence-corrected chi connectivity index (χ1v) is 41.8. The van der Waals surface area contributed by atoms with E-state index < -0.39 is 107 Å². The second-order valence-corrected chi connectivity index (χ2v) is 34.6. The van der Waals surface area contributed by atoms with Gasteiger partial charge in [-0.15, -0.1) is 5.10 Å². The molecule has 7 aromatic rings. The minimum absolute atomic E-state index is 0.0174. The van der Waals surface area contributed by atoms with Gasteiger partial charge in [0, 0.05) is 138 Å². The van der Waals surface area contributed by atoms with E-state index >= 15 is 4.79 Å². The number of aliphatic hydroxyl groups excluding tert-OH is 4. The molecule has 33 heteroatoms. The third kappa shape index (κ3) is 15.6. The number of benzene rings is 3. The van der Waals surface area contributed by atoms with Gasteiger partial charge in [0.25, 0.3) is 5.56 Å². The summed E-state index contributed by atoms with van der Waals surface area (Å²) in [7, 11) is 6.36. The first kappa shape index (κ1) is 82.0. The van der Waals surface area contributed by atoms with Crippen LogP contribution in [0.4, 0.5) is 10.5 Å². The molecule has 1 aliphatic carbocycles. The standard InChI is InChI=1S/C81H101N13O18S2/c1-7-78(107)39-47-38-77(4,68-52(24-28-92(42-47)44-78)51-13-9-10-14-55(51)88-68)54-36-53-57(37-60(54)109-6)91(5)74-80(53)26-29-93-27-12-25-79(8-2,73(80)93)75(105)81(74,108)61(97)41-83-76(106)111-32-34-114-113-33-11-15-59(96)56(35-50-43-94(90-89-50)30-31-110-72-66(101)64(99)65(100)67(112-72)71(103)104)87-62(98)23-22-58(95)48-19-16-46(17-20-48)18-21-49-40-82-69-63(86-49)70(102)85-45(3)84-69/h9-10,12-14,16-17,19-20,25,36-37,40,43,47,56,64-67,72-75,88,99-101,105,107-108H,7-8,11,15,18,21-24,26-35,38-39,41-42,44H2,1-6H3,(H,83,106)(H,87,98)(H,103,104)(H,82,84,85,102)/t47-,56-,64-,65?,66-,67?,72?,73-,74+,75+,77+,78-,79+,80+,81-/m0/s1. The number of hydrogen-bond acceptors (Lipinski definition) is 27. The lowest BCUT2D eigenvalue weighted by Crippen LogP contribution is -2.81. The summed E-state index contributed by atoms with van der Waals surface area (Å²) in [6, 6.07) is 17.3. The first-order valence-electron chi connectivity index (χ1n) is 39.3. The molecule has 4 aromatic heterocycles. The molecule has 1 spiro atoms. The number of anilines is 1. The monoisotopic (exact) mass is 1610 g/mol. The highest BCUT2D eigenvalue weighted by atomic mass is 33.1. The van der Waals surface area contributed by atoms with Crippen LogP contribution in [0.25, 0.3) is 22.1 Å². The minimum atomic E-state index is -2.42. The third-order valence-electron chi connectivity index (χ3n) is 24.9. The molecular weight excluding hydrogens is 1510 g/mol. The van der Waals surface area contributed by atoms with E-state index in [4.69, 9.17) is 18.9 Å². The fourth-order valence-corrected chi connectivity index (χ4v) is 21.4. The molecule has 31 nitrogen and oxygen atoms in total. The van der Waals surface area contributed by atoms with E-state index in [-0.39, 0.29) is 85.7 Å². The van der Waals surface area contributed by atoms with Crippen molar-refractivity contribution in [2.24, 2.45) is 11.3 Å². The number of amides is 2. The van der Waals surface area contributed by atoms with Crippen LogP contribution < -0.4 is 25.8 Å². The zero-order valence-electron chi connectivity index (χ0n) is 64.8. The molecule has 3 saturated heterocycles. The summed E-state index contributed by atoms with van der Waals surface area (Å²) in [4.78, 5) is 121. The number of alkyl carbamates (subject to hydrolysis) is 1. The Kier molecular flexibility index (Phi) is 24.1. The number of aromatic nitrogens is 8. The summed E-state index contributed by atoms with van der Waals surface area (Å²) in [6.45, 7) is 10.6. The number of methoxy groups -OCH3 is 1. The van der Waals surface area contributed by atoms with Crippen molar-refractivity contribution in [1.82, 2.24) is 60.3 Å². The van der Waals surface area contributed by atoms with Gasteiger partial charge in [-0.1, -0.05) is 95.3 Å². The molecule has 4 fully saturated rings. The second kappa shape index (κ2) is 33.6. The Bertz CT molecular complexity index is 4870. The van der Waals surface area contributed by atoms with Crippen molar-refractivity contribution in [2.75, 3.05) is 83.0 Å². The Hall–Kier alpha value is -8.58. The van der Waals surface area contributed by atoms with Crippen molar-refractivity contribution in [1.29, 1.82) is 0 Å². The Balaban J connectivity index is 0.597. The smallest absolute Gasteiger partial charge is 0.407 e. The quantitative estimate of drug-likeness (QED) is 0.0126. The van der Waals surface area contributed by atoms with Gasteiger partial charge < -0.3 is 80.2 Å². The van der Waals surface area contributed by atoms with Crippen molar-refractivity contribution in [3.8, 4) is 5.75 Å². The lowest BCUT2D eigenvalue weighted by Gasteiger charge is -2.63. The number of H-pyrrole nitrogens is 2. The van der Waals surface area contributed by atoms with Crippen LogP contribution in [0.2, 0.25) is 0 Å². The highest BCUT2D eigenvalue weighted by molar-refractivity contribution is 8.76. The summed E-state index contributed by atoms with van der Waals surface area (Å²) >= 11 is 0. The van der Waals surface area contributed by atoms with Crippen molar-refractivity contribution in [3.05, 3.63) is 146 Å². The van der Waals surface area contributed by atoms with Crippen LogP contribution in [-0.4, -0.2) is 265 Å². The second-order valence-electron chi connectivity index (χ2n) is 31.9. The topological polar surface area (TPSA) is 433 Å². The number of Topliss-reactive ketones (excluding diaryl/α,β-unsaturated/α-hetero) is 3. The molecule has 14 rings (SSSR count). The summed E-state index contributed by atoms with van der Waals surface area (Å²) in [5, 5.41) is 93.9. The van der Waals surface area contributed by atoms with Gasteiger partial charge in [0.15, 0.2) is 46.5 Å². The predicted molar refractivity (Wildman–Crippen MR) is 422 cm³/mol. The number of aliphatic hydroxyl groups is 6. The number of para-hydroxylation sites is 1. The van der Waals surface area contributed by atoms with Crippen molar-refractivity contribution in [3.63, 3.8) is 0 Å². The van der Waals surface area contributed by atoms with Crippen molar-refractivity contribution >= 4 is 84.7 Å². The molecule has 2 bridgehead atoms. The molecular formula is C81H101N13O18S2. The van der Waals surface area contributed by atoms with Crippen LogP contribution >= 0.6 is 21.6 Å². The molecule has 2 amide bonds. The molecule has 3 aromatic carbocycles. The van der Waals surface area contributed by atoms with Gasteiger partial charge in [-0.05, 0) is 113 Å². The number of nitrogens with zero attached hydrogens (tertiary/aromatic N) is 9. The van der Waals surface area contributed by atoms with Gasteiger partial charge >= 0.3 is 12.1 Å². The van der Waals surface area contributed by atoms with Crippen LogP contribution in [-0.2, 0) is 76.4 Å². The van der Waals surface area contributed by atoms with Crippen LogP contribution in [0.1, 0.15) is 134 Å². The number of ether oxygens (including phenoxy) is 4. The number of aryl methyl sites for hydroxylation is 3. The highest BCUT2D eigenvalue weighted by Crippen LogP contribution is 2.68. The van der Waals surface area contributed by atoms with Gasteiger partial charge in [-0.3, -0.25) is 33.8 Å². The SMILES string of the molecule is CC[C@]1(O)C[C@H]2CN(CCc3c([nH]c4ccccc34)[C@@](C)(c3cc4c(cc3OC)N(C)[C@H]3[C@@](O)(C(=O)CNC(=O)OCCSSCCCC(=O)[C@H](Cc5cn(CCOC6OC(C(=O)O)C(O)[C@H](O)[C@@H]6O)nn5)NC(=O)CCC(=O)c5ccc(CCc6cnc7nc(C)[nH]c(=O)c7n6)cc5)[C@H](O)[C@]5(CC)C=CCN6CC[C@]43[C@@H]65)C2)C1. The zero-order chi connectivity index (χ0) is 80.8. The van der Waals surface area contributed by atoms with Crippen molar-refractivity contribution in [2.45, 2.75) is 195 Å². The Labute approximate surface area is 666 Å². The number of rotatable bonds is 31. The van der Waals surface area contributed by atoms with Crippen molar-refractivity contribution < 1.29 is 83.5 Å². The maximum absolute atomic E-state index is 15.4. The number of carbonyl (C=O) groups excluding carboxylic acids is 5. The van der Waals surface area contributed by atoms with E-state index in [2.05, 4.69) is 99.8 Å². The van der Waals surface area contributed by atoms with Crippen LogP contribution in [0.3, 0.4) is 0 Å². The van der Waals surface area contributed by atoms with Crippen LogP contribution in [0, 0.1) is 18.3 Å². The normalized spacial score (nSPS) is 29.1. The summed E-state index contributed by atoms with van der Waals surface area (Å²) in [5.74, 6) is -1.55. The van der Waals surface area contributed by atoms with E-state index in [1.807, 2.05) is 37.1 Å². The number of piperidine rings is 1. The van der Waals surface area contributed by atoms with Crippen LogP contribution in [0.5, 0.6) is 5.75 Å². The summed E-state index contributed by atoms with van der Waals surface area (Å²) in [5.41, 5.74) is 2.28. The highest BCUT2D eigenvalue weighted by Gasteiger charge is 2.78. The van der Waals surface area contributed by atoms with Gasteiger partial charge in [0.2, 0.25) is 5.91 Å². The molecule has 6 aliphatic heterocycles. The number of likely N-dealkylation sites (N-methyl/N-ethyl adjacent to an activating group) is 1. The van der Waals surface area contributed by atoms with Gasteiger partial charge in [0.1, 0.15) is 42.6 Å². The van der Waals surface area contributed by atoms with E-state index in [0.717, 1.165) is 58.5 Å². The molecule has 0 radical (unpaired) electrons. The van der Waals surface area contributed by atoms with Crippen LogP contribution in [0.15, 0.2) is 90.0 Å². The summed E-state index contributed by atoms with van der Waals surface area (Å²) in [6.07, 6.45) is 0.224. The number of aliphatic carboxylic acids is 1. The number of aromatic amines is 2. The first-order chi connectivity index (χ1) is 54.6. The van der Waals surface area contributed by atoms with E-state index in [1.54, 1.807) is 44.5 Å². The average molecular weight is 1610 g/mol. The Morgan fingerprint density at radius 2 is 1.66 bits per heavy atom. The largest absolute Gasteiger partial charge is 0.496 e. The van der Waals surface area contributed by atoms with Gasteiger partial charge in [0.05, 0.1) is 62.1 Å². The summed E-state index contributed by atoms with van der Waals surface area (Å²) < 4.78 is 24.2. The van der Waals surface area contributed by atoms with E-state index in [1.165, 1.54) is 38.0 Å². The molecule has 114 heavy (non-hydrogen) atoms. The lowest BCUT2D eigenvalue weighted by molar-refractivity contribution is -0.294. The number of nitrogens with one attached hydrogen (secondary N) is 4. The Morgan fingerprint density at radius 1 is 0.868 bits per heavy atom. The third-order valence-corrected chi connectivity index (χ3v) is 27.3. The number of carboxylic acids is 1. The maximum atomic E-state index is 15.4. The fourth-order valence-electron chi connectivity index (χ4n) is 19.5. The average Bonchev–Trinajstić information content (AvgIpc) is 1.47. The number of ketones is 3. The van der Waals surface area contributed by atoms with E-state index in [9.17, 15) is 64.5 Å². The molecule has 1 saturated carbocycles. The zero-order valence-corrected chi connectivity index (χ0v) is 66.4. The maximum Gasteiger partial charge on any atom is 0.407 e. The number of carboxylic acid groups (broad SMARTS) is 1.